The molecule has 5 nitrogen and oxygen atoms in total. The van der Waals surface area contributed by atoms with Crippen LogP contribution in [0.3, 0.4) is 0 Å². The number of anilines is 1. The van der Waals surface area contributed by atoms with Crippen molar-refractivity contribution in [2.24, 2.45) is 5.10 Å². The maximum atomic E-state index is 12.1. The van der Waals surface area contributed by atoms with Crippen molar-refractivity contribution in [2.75, 3.05) is 5.32 Å². The summed E-state index contributed by atoms with van der Waals surface area (Å²) in [4.78, 5) is 24.2. The second-order valence-electron chi connectivity index (χ2n) is 6.51. The third-order valence-corrected chi connectivity index (χ3v) is 5.30. The van der Waals surface area contributed by atoms with Crippen LogP contribution in [-0.4, -0.2) is 18.0 Å². The number of amides is 2. The van der Waals surface area contributed by atoms with Gasteiger partial charge in [-0.15, -0.1) is 0 Å². The SMILES string of the molecule is O=C(NN=Cc1c2ccccc2cc2ccccc12)C(=O)Nc1ccc(Cl)c(Cl)c1. The zero-order chi connectivity index (χ0) is 21.1. The van der Waals surface area contributed by atoms with Crippen molar-refractivity contribution < 1.29 is 9.59 Å². The number of carbonyl (C=O) groups excluding carboxylic acids is 2. The third kappa shape index (κ3) is 4.13. The Balaban J connectivity index is 1.55. The molecular formula is C23H15Cl2N3O2. The van der Waals surface area contributed by atoms with Crippen molar-refractivity contribution >= 4 is 68.5 Å². The van der Waals surface area contributed by atoms with Crippen LogP contribution >= 0.6 is 23.2 Å². The van der Waals surface area contributed by atoms with Crippen LogP contribution < -0.4 is 10.7 Å². The number of fused-ring (bicyclic) bond motifs is 2. The van der Waals surface area contributed by atoms with Gasteiger partial charge in [-0.25, -0.2) is 5.43 Å². The standard InChI is InChI=1S/C23H15Cl2N3O2/c24-20-10-9-16(12-21(20)25)27-22(29)23(30)28-26-13-19-17-7-3-1-5-14(17)11-15-6-2-4-8-18(15)19/h1-13H,(H,27,29)(H,28,30). The first-order valence-corrected chi connectivity index (χ1v) is 9.78. The summed E-state index contributed by atoms with van der Waals surface area (Å²) in [5.41, 5.74) is 3.48. The van der Waals surface area contributed by atoms with E-state index in [4.69, 9.17) is 23.2 Å². The molecule has 0 bridgehead atoms. The van der Waals surface area contributed by atoms with Crippen molar-refractivity contribution in [1.82, 2.24) is 5.43 Å². The quantitative estimate of drug-likeness (QED) is 0.196. The van der Waals surface area contributed by atoms with Crippen LogP contribution in [0.15, 0.2) is 77.9 Å². The average Bonchev–Trinajstić information content (AvgIpc) is 2.75. The van der Waals surface area contributed by atoms with E-state index >= 15 is 0 Å². The van der Waals surface area contributed by atoms with Crippen LogP contribution in [0.5, 0.6) is 0 Å². The normalized spacial score (nSPS) is 11.1. The van der Waals surface area contributed by atoms with E-state index in [-0.39, 0.29) is 5.02 Å². The molecule has 0 heterocycles. The van der Waals surface area contributed by atoms with Crippen molar-refractivity contribution in [3.63, 3.8) is 0 Å². The van der Waals surface area contributed by atoms with E-state index < -0.39 is 11.8 Å². The molecule has 0 aliphatic heterocycles. The summed E-state index contributed by atoms with van der Waals surface area (Å²) in [6, 6.07) is 22.5. The highest BCUT2D eigenvalue weighted by molar-refractivity contribution is 6.43. The first kappa shape index (κ1) is 19.9. The monoisotopic (exact) mass is 435 g/mol. The molecule has 4 aromatic rings. The molecule has 0 radical (unpaired) electrons. The Bertz CT molecular complexity index is 1260. The minimum atomic E-state index is -0.901. The lowest BCUT2D eigenvalue weighted by Gasteiger charge is -2.08. The highest BCUT2D eigenvalue weighted by Crippen LogP contribution is 2.27. The van der Waals surface area contributed by atoms with Gasteiger partial charge in [0.05, 0.1) is 16.3 Å². The molecule has 0 saturated carbocycles. The molecule has 30 heavy (non-hydrogen) atoms. The first-order chi connectivity index (χ1) is 14.5. The van der Waals surface area contributed by atoms with E-state index in [2.05, 4.69) is 21.9 Å². The van der Waals surface area contributed by atoms with Crippen molar-refractivity contribution in [1.29, 1.82) is 0 Å². The Labute approximate surface area is 182 Å². The molecular weight excluding hydrogens is 421 g/mol. The summed E-state index contributed by atoms with van der Waals surface area (Å²) < 4.78 is 0. The second kappa shape index (κ2) is 8.53. The van der Waals surface area contributed by atoms with Crippen LogP contribution in [0.2, 0.25) is 10.0 Å². The molecule has 4 rings (SSSR count). The van der Waals surface area contributed by atoms with Gasteiger partial charge < -0.3 is 5.32 Å². The number of halogens is 2. The highest BCUT2D eigenvalue weighted by atomic mass is 35.5. The molecule has 0 aliphatic rings. The summed E-state index contributed by atoms with van der Waals surface area (Å²) in [6.07, 6.45) is 1.55. The van der Waals surface area contributed by atoms with Gasteiger partial charge in [-0.1, -0.05) is 71.7 Å². The Morgan fingerprint density at radius 1 is 0.767 bits per heavy atom. The summed E-state index contributed by atoms with van der Waals surface area (Å²) in [5, 5.41) is 11.2. The smallest absolute Gasteiger partial charge is 0.318 e. The number of carbonyl (C=O) groups is 2. The van der Waals surface area contributed by atoms with Gasteiger partial charge in [0.1, 0.15) is 0 Å². The number of hydrazone groups is 1. The summed E-state index contributed by atoms with van der Waals surface area (Å²) in [5.74, 6) is -1.77. The van der Waals surface area contributed by atoms with Crippen LogP contribution in [0.1, 0.15) is 5.56 Å². The number of hydrogen-bond acceptors (Lipinski definition) is 3. The lowest BCUT2D eigenvalue weighted by molar-refractivity contribution is -0.136. The Morgan fingerprint density at radius 3 is 2.03 bits per heavy atom. The number of nitrogens with zero attached hydrogens (tertiary/aromatic N) is 1. The van der Waals surface area contributed by atoms with Gasteiger partial charge in [0.2, 0.25) is 0 Å². The highest BCUT2D eigenvalue weighted by Gasteiger charge is 2.14. The maximum absolute atomic E-state index is 12.1. The number of nitrogens with one attached hydrogen (secondary N) is 2. The van der Waals surface area contributed by atoms with Crippen LogP contribution in [0.25, 0.3) is 21.5 Å². The molecule has 0 unspecified atom stereocenters. The number of hydrogen-bond donors (Lipinski definition) is 2. The second-order valence-corrected chi connectivity index (χ2v) is 7.33. The molecule has 4 aromatic carbocycles. The van der Waals surface area contributed by atoms with Crippen molar-refractivity contribution in [3.8, 4) is 0 Å². The van der Waals surface area contributed by atoms with E-state index in [0.717, 1.165) is 27.1 Å². The molecule has 0 fully saturated rings. The van der Waals surface area contributed by atoms with Gasteiger partial charge >= 0.3 is 11.8 Å². The Kier molecular flexibility index (Phi) is 5.65. The van der Waals surface area contributed by atoms with Gasteiger partial charge in [0.25, 0.3) is 0 Å². The minimum absolute atomic E-state index is 0.274. The minimum Gasteiger partial charge on any atom is -0.318 e. The zero-order valence-electron chi connectivity index (χ0n) is 15.5. The molecule has 148 valence electrons. The summed E-state index contributed by atoms with van der Waals surface area (Å²) in [6.45, 7) is 0. The predicted molar refractivity (Wildman–Crippen MR) is 122 cm³/mol. The van der Waals surface area contributed by atoms with E-state index in [1.165, 1.54) is 12.1 Å². The first-order valence-electron chi connectivity index (χ1n) is 9.03. The van der Waals surface area contributed by atoms with Crippen LogP contribution in [-0.2, 0) is 9.59 Å². The molecule has 0 saturated heterocycles. The molecule has 2 amide bonds. The largest absolute Gasteiger partial charge is 0.329 e. The third-order valence-electron chi connectivity index (χ3n) is 4.56. The Morgan fingerprint density at radius 2 is 1.40 bits per heavy atom. The average molecular weight is 436 g/mol. The molecule has 7 heteroatoms. The number of rotatable bonds is 3. The Hall–Kier alpha value is -3.41. The molecule has 2 N–H and O–H groups in total. The van der Waals surface area contributed by atoms with E-state index in [1.807, 2.05) is 48.5 Å². The van der Waals surface area contributed by atoms with E-state index in [0.29, 0.717) is 10.7 Å². The fourth-order valence-electron chi connectivity index (χ4n) is 3.16. The molecule has 0 atom stereocenters. The topological polar surface area (TPSA) is 70.6 Å². The van der Waals surface area contributed by atoms with Crippen molar-refractivity contribution in [2.45, 2.75) is 0 Å². The van der Waals surface area contributed by atoms with E-state index in [1.54, 1.807) is 12.3 Å². The van der Waals surface area contributed by atoms with Gasteiger partial charge in [0.15, 0.2) is 0 Å². The predicted octanol–water partition coefficient (Wildman–Crippen LogP) is 5.39. The summed E-state index contributed by atoms with van der Waals surface area (Å²) in [7, 11) is 0. The number of benzene rings is 4. The van der Waals surface area contributed by atoms with Crippen molar-refractivity contribution in [3.05, 3.63) is 88.4 Å². The maximum Gasteiger partial charge on any atom is 0.329 e. The molecule has 0 aliphatic carbocycles. The fourth-order valence-corrected chi connectivity index (χ4v) is 3.45. The van der Waals surface area contributed by atoms with Gasteiger partial charge in [-0.2, -0.15) is 5.10 Å². The van der Waals surface area contributed by atoms with Crippen LogP contribution in [0.4, 0.5) is 5.69 Å². The van der Waals surface area contributed by atoms with Gasteiger partial charge in [-0.3, -0.25) is 9.59 Å². The van der Waals surface area contributed by atoms with Gasteiger partial charge in [-0.05, 0) is 45.8 Å². The molecule has 0 aromatic heterocycles. The van der Waals surface area contributed by atoms with Crippen LogP contribution in [0, 0.1) is 0 Å². The van der Waals surface area contributed by atoms with E-state index in [9.17, 15) is 9.59 Å². The molecule has 0 spiro atoms. The zero-order valence-corrected chi connectivity index (χ0v) is 17.0. The summed E-state index contributed by atoms with van der Waals surface area (Å²) >= 11 is 11.8. The van der Waals surface area contributed by atoms with Gasteiger partial charge in [0, 0.05) is 11.3 Å². The fraction of sp³-hybridized carbons (Fsp3) is 0. The lowest BCUT2D eigenvalue weighted by Crippen LogP contribution is -2.32. The lowest BCUT2D eigenvalue weighted by atomic mass is 9.97.